The van der Waals surface area contributed by atoms with Crippen molar-refractivity contribution in [1.82, 2.24) is 10.9 Å². The molecule has 0 radical (unpaired) electrons. The van der Waals surface area contributed by atoms with Crippen LogP contribution in [0.25, 0.3) is 0 Å². The first-order chi connectivity index (χ1) is 9.69. The van der Waals surface area contributed by atoms with Crippen molar-refractivity contribution in [3.8, 4) is 11.8 Å². The Morgan fingerprint density at radius 3 is 2.50 bits per heavy atom. The summed E-state index contributed by atoms with van der Waals surface area (Å²) in [5, 5.41) is 8.64. The van der Waals surface area contributed by atoms with Crippen LogP contribution in [-0.4, -0.2) is 18.4 Å². The number of hydrazine groups is 1. The summed E-state index contributed by atoms with van der Waals surface area (Å²) in [6.07, 6.45) is 2.82. The van der Waals surface area contributed by atoms with Gasteiger partial charge in [-0.05, 0) is 37.1 Å². The van der Waals surface area contributed by atoms with Gasteiger partial charge in [0.05, 0.1) is 11.6 Å². The number of carbonyl (C=O) groups is 2. The van der Waals surface area contributed by atoms with Gasteiger partial charge in [0.15, 0.2) is 6.61 Å². The summed E-state index contributed by atoms with van der Waals surface area (Å²) >= 11 is 0. The van der Waals surface area contributed by atoms with Gasteiger partial charge in [-0.1, -0.05) is 6.42 Å². The molecular formula is C14H15N3O3. The Hall–Kier alpha value is -2.55. The summed E-state index contributed by atoms with van der Waals surface area (Å²) in [6, 6.07) is 8.42. The van der Waals surface area contributed by atoms with Gasteiger partial charge in [0.1, 0.15) is 5.75 Å². The molecule has 1 aromatic carbocycles. The zero-order chi connectivity index (χ0) is 14.4. The molecule has 1 aliphatic rings. The van der Waals surface area contributed by atoms with Gasteiger partial charge in [-0.3, -0.25) is 20.4 Å². The molecule has 1 aliphatic carbocycles. The van der Waals surface area contributed by atoms with E-state index in [1.807, 2.05) is 6.07 Å². The van der Waals surface area contributed by atoms with Crippen molar-refractivity contribution in [2.75, 3.05) is 6.61 Å². The maximum Gasteiger partial charge on any atom is 0.276 e. The first-order valence-corrected chi connectivity index (χ1v) is 6.40. The molecule has 0 atom stereocenters. The number of amides is 2. The maximum atomic E-state index is 11.5. The number of rotatable bonds is 4. The van der Waals surface area contributed by atoms with Crippen molar-refractivity contribution in [3.05, 3.63) is 29.8 Å². The van der Waals surface area contributed by atoms with Crippen LogP contribution < -0.4 is 15.6 Å². The number of hydrogen-bond donors (Lipinski definition) is 2. The lowest BCUT2D eigenvalue weighted by Crippen LogP contribution is -2.47. The number of nitrogens with zero attached hydrogens (tertiary/aromatic N) is 1. The molecule has 6 nitrogen and oxygen atoms in total. The average molecular weight is 273 g/mol. The normalized spacial score (nSPS) is 13.8. The SMILES string of the molecule is N#Cc1ccc(OCC(=O)NNC(=O)C2CCC2)cc1. The molecule has 104 valence electrons. The molecule has 2 amide bonds. The van der Waals surface area contributed by atoms with Crippen LogP contribution >= 0.6 is 0 Å². The van der Waals surface area contributed by atoms with Gasteiger partial charge < -0.3 is 4.74 Å². The van der Waals surface area contributed by atoms with Crippen molar-refractivity contribution >= 4 is 11.8 Å². The molecular weight excluding hydrogens is 258 g/mol. The fraction of sp³-hybridized carbons (Fsp3) is 0.357. The number of ether oxygens (including phenoxy) is 1. The van der Waals surface area contributed by atoms with Gasteiger partial charge in [0.2, 0.25) is 5.91 Å². The maximum absolute atomic E-state index is 11.5. The summed E-state index contributed by atoms with van der Waals surface area (Å²) in [5.74, 6) is -0.0655. The van der Waals surface area contributed by atoms with E-state index >= 15 is 0 Å². The molecule has 1 fully saturated rings. The molecule has 0 bridgehead atoms. The Labute approximate surface area is 116 Å². The molecule has 0 spiro atoms. The number of nitriles is 1. The third kappa shape index (κ3) is 3.72. The molecule has 0 heterocycles. The van der Waals surface area contributed by atoms with Crippen LogP contribution in [0.5, 0.6) is 5.75 Å². The second kappa shape index (κ2) is 6.57. The Kier molecular flexibility index (Phi) is 4.56. The third-order valence-corrected chi connectivity index (χ3v) is 3.15. The van der Waals surface area contributed by atoms with Crippen LogP contribution in [0.3, 0.4) is 0 Å². The van der Waals surface area contributed by atoms with Gasteiger partial charge >= 0.3 is 0 Å². The zero-order valence-corrected chi connectivity index (χ0v) is 10.9. The summed E-state index contributed by atoms with van der Waals surface area (Å²) in [5.41, 5.74) is 5.21. The second-order valence-corrected chi connectivity index (χ2v) is 4.59. The molecule has 2 rings (SSSR count). The number of benzene rings is 1. The number of carbonyl (C=O) groups excluding carboxylic acids is 2. The lowest BCUT2D eigenvalue weighted by molar-refractivity contribution is -0.133. The number of nitrogens with one attached hydrogen (secondary N) is 2. The fourth-order valence-corrected chi connectivity index (χ4v) is 1.71. The molecule has 0 aromatic heterocycles. The first-order valence-electron chi connectivity index (χ1n) is 6.40. The van der Waals surface area contributed by atoms with E-state index in [1.165, 1.54) is 0 Å². The van der Waals surface area contributed by atoms with Crippen LogP contribution in [0.2, 0.25) is 0 Å². The van der Waals surface area contributed by atoms with Crippen molar-refractivity contribution < 1.29 is 14.3 Å². The Balaban J connectivity index is 1.68. The lowest BCUT2D eigenvalue weighted by Gasteiger charge is -2.23. The van der Waals surface area contributed by atoms with Crippen LogP contribution in [-0.2, 0) is 9.59 Å². The molecule has 0 unspecified atom stereocenters. The fourth-order valence-electron chi connectivity index (χ4n) is 1.71. The smallest absolute Gasteiger partial charge is 0.276 e. The minimum absolute atomic E-state index is 0.0229. The highest BCUT2D eigenvalue weighted by Crippen LogP contribution is 2.25. The standard InChI is InChI=1S/C14H15N3O3/c15-8-10-4-6-12(7-5-10)20-9-13(18)16-17-14(19)11-2-1-3-11/h4-7,11H,1-3,9H2,(H,16,18)(H,17,19). The summed E-state index contributed by atoms with van der Waals surface area (Å²) < 4.78 is 5.23. The lowest BCUT2D eigenvalue weighted by atomic mass is 9.85. The molecule has 0 saturated heterocycles. The highest BCUT2D eigenvalue weighted by molar-refractivity contribution is 5.84. The zero-order valence-electron chi connectivity index (χ0n) is 10.9. The number of hydrogen-bond acceptors (Lipinski definition) is 4. The van der Waals surface area contributed by atoms with Crippen molar-refractivity contribution in [2.45, 2.75) is 19.3 Å². The summed E-state index contributed by atoms with van der Waals surface area (Å²) in [6.45, 7) is -0.198. The van der Waals surface area contributed by atoms with E-state index in [-0.39, 0.29) is 18.4 Å². The quantitative estimate of drug-likeness (QED) is 0.797. The van der Waals surface area contributed by atoms with Crippen molar-refractivity contribution in [1.29, 1.82) is 5.26 Å². The van der Waals surface area contributed by atoms with E-state index in [0.717, 1.165) is 19.3 Å². The van der Waals surface area contributed by atoms with E-state index in [4.69, 9.17) is 10.00 Å². The molecule has 1 aromatic rings. The predicted molar refractivity (Wildman–Crippen MR) is 70.3 cm³/mol. The van der Waals surface area contributed by atoms with Crippen LogP contribution in [0, 0.1) is 17.2 Å². The van der Waals surface area contributed by atoms with Crippen molar-refractivity contribution in [3.63, 3.8) is 0 Å². The van der Waals surface area contributed by atoms with E-state index in [0.29, 0.717) is 11.3 Å². The average Bonchev–Trinajstić information content (AvgIpc) is 2.41. The molecule has 20 heavy (non-hydrogen) atoms. The van der Waals surface area contributed by atoms with E-state index in [1.54, 1.807) is 24.3 Å². The molecule has 0 aliphatic heterocycles. The monoisotopic (exact) mass is 273 g/mol. The van der Waals surface area contributed by atoms with Crippen LogP contribution in [0.4, 0.5) is 0 Å². The predicted octanol–water partition coefficient (Wildman–Crippen LogP) is 0.885. The minimum atomic E-state index is -0.429. The van der Waals surface area contributed by atoms with Gasteiger partial charge in [0.25, 0.3) is 5.91 Å². The Bertz CT molecular complexity index is 530. The van der Waals surface area contributed by atoms with Gasteiger partial charge in [0, 0.05) is 5.92 Å². The largest absolute Gasteiger partial charge is 0.484 e. The minimum Gasteiger partial charge on any atom is -0.484 e. The van der Waals surface area contributed by atoms with Crippen LogP contribution in [0.1, 0.15) is 24.8 Å². The van der Waals surface area contributed by atoms with Gasteiger partial charge in [-0.25, -0.2) is 0 Å². The highest BCUT2D eigenvalue weighted by Gasteiger charge is 2.25. The van der Waals surface area contributed by atoms with Crippen LogP contribution in [0.15, 0.2) is 24.3 Å². The summed E-state index contributed by atoms with van der Waals surface area (Å²) in [4.78, 5) is 22.9. The van der Waals surface area contributed by atoms with Gasteiger partial charge in [-0.2, -0.15) is 5.26 Å². The topological polar surface area (TPSA) is 91.2 Å². The molecule has 6 heteroatoms. The third-order valence-electron chi connectivity index (χ3n) is 3.15. The van der Waals surface area contributed by atoms with E-state index in [2.05, 4.69) is 10.9 Å². The highest BCUT2D eigenvalue weighted by atomic mass is 16.5. The van der Waals surface area contributed by atoms with E-state index in [9.17, 15) is 9.59 Å². The van der Waals surface area contributed by atoms with E-state index < -0.39 is 5.91 Å². The summed E-state index contributed by atoms with van der Waals surface area (Å²) in [7, 11) is 0. The second-order valence-electron chi connectivity index (χ2n) is 4.59. The molecule has 1 saturated carbocycles. The Morgan fingerprint density at radius 1 is 1.25 bits per heavy atom. The Morgan fingerprint density at radius 2 is 1.95 bits per heavy atom. The van der Waals surface area contributed by atoms with Crippen molar-refractivity contribution in [2.24, 2.45) is 5.92 Å². The molecule has 2 N–H and O–H groups in total. The first kappa shape index (κ1) is 13.9. The van der Waals surface area contributed by atoms with Gasteiger partial charge in [-0.15, -0.1) is 0 Å².